The minimum Gasteiger partial charge on any atom is -0.356 e. The Kier molecular flexibility index (Phi) is 5.78. The Morgan fingerprint density at radius 3 is 2.80 bits per heavy atom. The molecule has 1 aromatic heterocycles. The average Bonchev–Trinajstić information content (AvgIpc) is 2.87. The van der Waals surface area contributed by atoms with Crippen molar-refractivity contribution < 1.29 is 4.79 Å². The Morgan fingerprint density at radius 2 is 2.00 bits per heavy atom. The van der Waals surface area contributed by atoms with Crippen molar-refractivity contribution in [3.8, 4) is 6.07 Å². The monoisotopic (exact) mass is 337 g/mol. The van der Waals surface area contributed by atoms with Gasteiger partial charge >= 0.3 is 0 Å². The molecule has 0 aliphatic carbocycles. The molecule has 130 valence electrons. The number of hydrogen-bond acceptors (Lipinski definition) is 4. The third-order valence-electron chi connectivity index (χ3n) is 4.58. The van der Waals surface area contributed by atoms with Crippen LogP contribution in [0.1, 0.15) is 48.5 Å². The molecule has 0 saturated carbocycles. The maximum Gasteiger partial charge on any atom is 0.220 e. The molecule has 0 radical (unpaired) electrons. The third kappa shape index (κ3) is 4.66. The minimum atomic E-state index is 0.0416. The van der Waals surface area contributed by atoms with Crippen LogP contribution in [0.25, 0.3) is 0 Å². The lowest BCUT2D eigenvalue weighted by molar-refractivity contribution is -0.121. The summed E-state index contributed by atoms with van der Waals surface area (Å²) in [6.45, 7) is 1.58. The number of fused-ring (bicyclic) bond motifs is 1. The summed E-state index contributed by atoms with van der Waals surface area (Å²) in [5.41, 5.74) is 1.71. The lowest BCUT2D eigenvalue weighted by Crippen LogP contribution is -2.26. The van der Waals surface area contributed by atoms with Crippen molar-refractivity contribution >= 4 is 5.91 Å². The zero-order valence-electron chi connectivity index (χ0n) is 14.4. The highest BCUT2D eigenvalue weighted by molar-refractivity contribution is 5.76. The molecule has 2 aromatic rings. The van der Waals surface area contributed by atoms with Crippen molar-refractivity contribution in [2.75, 3.05) is 6.54 Å². The van der Waals surface area contributed by atoms with Crippen LogP contribution in [0.3, 0.4) is 0 Å². The second-order valence-corrected chi connectivity index (χ2v) is 6.40. The van der Waals surface area contributed by atoms with Crippen LogP contribution in [-0.2, 0) is 30.6 Å². The Bertz CT molecular complexity index is 757. The van der Waals surface area contributed by atoms with E-state index >= 15 is 0 Å². The van der Waals surface area contributed by atoms with Crippen LogP contribution in [0.4, 0.5) is 0 Å². The van der Waals surface area contributed by atoms with Crippen molar-refractivity contribution in [3.63, 3.8) is 0 Å². The third-order valence-corrected chi connectivity index (χ3v) is 4.58. The number of nitrogens with zero attached hydrogens (tertiary/aromatic N) is 4. The van der Waals surface area contributed by atoms with Gasteiger partial charge in [0.1, 0.15) is 11.6 Å². The fourth-order valence-electron chi connectivity index (χ4n) is 3.14. The maximum absolute atomic E-state index is 12.0. The van der Waals surface area contributed by atoms with E-state index in [1.165, 1.54) is 19.3 Å². The van der Waals surface area contributed by atoms with Gasteiger partial charge in [-0.3, -0.25) is 4.79 Å². The average molecular weight is 337 g/mol. The second kappa shape index (κ2) is 8.43. The Morgan fingerprint density at radius 1 is 1.16 bits per heavy atom. The summed E-state index contributed by atoms with van der Waals surface area (Å²) < 4.78 is 2.22. The fraction of sp³-hybridized carbons (Fsp3) is 0.474. The van der Waals surface area contributed by atoms with Gasteiger partial charge in [0.2, 0.25) is 5.91 Å². The van der Waals surface area contributed by atoms with Gasteiger partial charge in [-0.15, -0.1) is 10.2 Å². The zero-order valence-corrected chi connectivity index (χ0v) is 14.4. The van der Waals surface area contributed by atoms with Gasteiger partial charge in [0, 0.05) is 32.4 Å². The smallest absolute Gasteiger partial charge is 0.220 e. The van der Waals surface area contributed by atoms with Gasteiger partial charge in [-0.05, 0) is 37.0 Å². The lowest BCUT2D eigenvalue weighted by atomic mass is 10.1. The van der Waals surface area contributed by atoms with Crippen LogP contribution < -0.4 is 5.32 Å². The number of amides is 1. The van der Waals surface area contributed by atoms with Crippen LogP contribution in [0.2, 0.25) is 0 Å². The number of carbonyl (C=O) groups is 1. The van der Waals surface area contributed by atoms with Crippen LogP contribution in [0.5, 0.6) is 0 Å². The van der Waals surface area contributed by atoms with E-state index in [-0.39, 0.29) is 5.91 Å². The summed E-state index contributed by atoms with van der Waals surface area (Å²) in [5, 5.41) is 20.3. The molecule has 0 fully saturated rings. The summed E-state index contributed by atoms with van der Waals surface area (Å²) in [5.74, 6) is 2.10. The van der Waals surface area contributed by atoms with Gasteiger partial charge in [0.05, 0.1) is 11.6 Å². The molecule has 6 heteroatoms. The maximum atomic E-state index is 12.0. The van der Waals surface area contributed by atoms with E-state index < -0.39 is 0 Å². The number of carbonyl (C=O) groups excluding carboxylic acids is 1. The molecular formula is C19H23N5O. The quantitative estimate of drug-likeness (QED) is 0.875. The predicted octanol–water partition coefficient (Wildman–Crippen LogP) is 2.17. The Labute approximate surface area is 147 Å². The molecule has 1 aromatic carbocycles. The molecule has 0 spiro atoms. The fourth-order valence-corrected chi connectivity index (χ4v) is 3.14. The number of rotatable bonds is 6. The molecule has 6 nitrogen and oxygen atoms in total. The van der Waals surface area contributed by atoms with E-state index in [1.807, 2.05) is 12.1 Å². The van der Waals surface area contributed by atoms with Crippen molar-refractivity contribution in [2.45, 2.75) is 51.5 Å². The van der Waals surface area contributed by atoms with Gasteiger partial charge in [-0.1, -0.05) is 18.6 Å². The van der Waals surface area contributed by atoms with Crippen LogP contribution in [0.15, 0.2) is 24.3 Å². The molecule has 25 heavy (non-hydrogen) atoms. The minimum absolute atomic E-state index is 0.0416. The summed E-state index contributed by atoms with van der Waals surface area (Å²) in [6, 6.07) is 9.46. The zero-order chi connectivity index (χ0) is 17.5. The molecule has 1 amide bonds. The first-order valence-corrected chi connectivity index (χ1v) is 8.93. The number of benzene rings is 1. The van der Waals surface area contributed by atoms with E-state index in [1.54, 1.807) is 12.1 Å². The molecular weight excluding hydrogens is 314 g/mol. The van der Waals surface area contributed by atoms with Crippen molar-refractivity contribution in [3.05, 3.63) is 47.0 Å². The van der Waals surface area contributed by atoms with Crippen LogP contribution in [0, 0.1) is 11.3 Å². The molecule has 0 saturated heterocycles. The summed E-state index contributed by atoms with van der Waals surface area (Å²) in [4.78, 5) is 12.0. The van der Waals surface area contributed by atoms with E-state index in [4.69, 9.17) is 5.26 Å². The van der Waals surface area contributed by atoms with Crippen molar-refractivity contribution in [1.82, 2.24) is 20.1 Å². The molecule has 0 atom stereocenters. The van der Waals surface area contributed by atoms with E-state index in [2.05, 4.69) is 26.2 Å². The standard InChI is InChI=1S/C19H23N5O/c20-14-16-7-5-15(6-8-16)9-10-19(25)21-12-11-18-23-22-17-4-2-1-3-13-24(17)18/h5-8H,1-4,9-13H2,(H,21,25). The summed E-state index contributed by atoms with van der Waals surface area (Å²) in [6.07, 6.45) is 6.45. The molecule has 2 heterocycles. The summed E-state index contributed by atoms with van der Waals surface area (Å²) >= 11 is 0. The normalized spacial score (nSPS) is 13.6. The summed E-state index contributed by atoms with van der Waals surface area (Å²) in [7, 11) is 0. The first kappa shape index (κ1) is 17.2. The number of nitriles is 1. The van der Waals surface area contributed by atoms with E-state index in [0.29, 0.717) is 24.9 Å². The molecule has 3 rings (SSSR count). The molecule has 1 aliphatic heterocycles. The number of hydrogen-bond donors (Lipinski definition) is 1. The van der Waals surface area contributed by atoms with Crippen molar-refractivity contribution in [2.24, 2.45) is 0 Å². The lowest BCUT2D eigenvalue weighted by Gasteiger charge is -2.08. The molecule has 1 N–H and O–H groups in total. The highest BCUT2D eigenvalue weighted by atomic mass is 16.1. The number of aryl methyl sites for hydroxylation is 2. The number of nitrogens with one attached hydrogen (secondary N) is 1. The topological polar surface area (TPSA) is 83.6 Å². The van der Waals surface area contributed by atoms with Gasteiger partial charge in [0.25, 0.3) is 0 Å². The van der Waals surface area contributed by atoms with E-state index in [9.17, 15) is 4.79 Å². The largest absolute Gasteiger partial charge is 0.356 e. The predicted molar refractivity (Wildman–Crippen MR) is 93.8 cm³/mol. The van der Waals surface area contributed by atoms with Crippen LogP contribution in [-0.4, -0.2) is 27.2 Å². The van der Waals surface area contributed by atoms with Crippen LogP contribution >= 0.6 is 0 Å². The number of aromatic nitrogens is 3. The first-order chi connectivity index (χ1) is 12.3. The molecule has 1 aliphatic rings. The van der Waals surface area contributed by atoms with Crippen molar-refractivity contribution in [1.29, 1.82) is 5.26 Å². The SMILES string of the molecule is N#Cc1ccc(CCC(=O)NCCc2nnc3n2CCCCC3)cc1. The first-order valence-electron chi connectivity index (χ1n) is 8.93. The highest BCUT2D eigenvalue weighted by Crippen LogP contribution is 2.14. The Hall–Kier alpha value is -2.68. The van der Waals surface area contributed by atoms with E-state index in [0.717, 1.165) is 36.6 Å². The molecule has 0 unspecified atom stereocenters. The van der Waals surface area contributed by atoms with Gasteiger partial charge in [-0.25, -0.2) is 0 Å². The Balaban J connectivity index is 1.42. The highest BCUT2D eigenvalue weighted by Gasteiger charge is 2.14. The van der Waals surface area contributed by atoms with Gasteiger partial charge in [-0.2, -0.15) is 5.26 Å². The van der Waals surface area contributed by atoms with Gasteiger partial charge < -0.3 is 9.88 Å². The molecule has 0 bridgehead atoms. The van der Waals surface area contributed by atoms with Gasteiger partial charge in [0.15, 0.2) is 0 Å². The second-order valence-electron chi connectivity index (χ2n) is 6.40.